The van der Waals surface area contributed by atoms with Crippen LogP contribution in [-0.2, 0) is 4.79 Å². The number of hydrogen-bond acceptors (Lipinski definition) is 2. The summed E-state index contributed by atoms with van der Waals surface area (Å²) in [7, 11) is 0. The van der Waals surface area contributed by atoms with Crippen molar-refractivity contribution < 1.29 is 4.79 Å². The summed E-state index contributed by atoms with van der Waals surface area (Å²) in [6, 6.07) is 11.0. The lowest BCUT2D eigenvalue weighted by Crippen LogP contribution is -2.39. The molecule has 1 heterocycles. The molecule has 4 heteroatoms. The van der Waals surface area contributed by atoms with Crippen LogP contribution in [0, 0.1) is 5.92 Å². The van der Waals surface area contributed by atoms with E-state index in [-0.39, 0.29) is 12.4 Å². The van der Waals surface area contributed by atoms with E-state index in [4.69, 9.17) is 0 Å². The first kappa shape index (κ1) is 17.3. The van der Waals surface area contributed by atoms with Gasteiger partial charge in [0.1, 0.15) is 0 Å². The van der Waals surface area contributed by atoms with E-state index in [1.807, 2.05) is 0 Å². The maximum atomic E-state index is 12.6. The van der Waals surface area contributed by atoms with Crippen molar-refractivity contribution in [2.45, 2.75) is 44.6 Å². The zero-order valence-corrected chi connectivity index (χ0v) is 14.0. The van der Waals surface area contributed by atoms with Gasteiger partial charge in [0, 0.05) is 31.6 Å². The van der Waals surface area contributed by atoms with Gasteiger partial charge < -0.3 is 10.2 Å². The molecule has 0 radical (unpaired) electrons. The molecule has 22 heavy (non-hydrogen) atoms. The molecule has 122 valence electrons. The Morgan fingerprint density at radius 1 is 1.00 bits per heavy atom. The molecule has 1 amide bonds. The zero-order chi connectivity index (χ0) is 14.5. The Kier molecular flexibility index (Phi) is 6.71. The van der Waals surface area contributed by atoms with Gasteiger partial charge in [0.2, 0.25) is 5.91 Å². The van der Waals surface area contributed by atoms with E-state index in [2.05, 4.69) is 40.5 Å². The summed E-state index contributed by atoms with van der Waals surface area (Å²) in [5.41, 5.74) is 1.34. The van der Waals surface area contributed by atoms with E-state index in [0.717, 1.165) is 38.9 Å². The molecule has 1 N–H and O–H groups in total. The summed E-state index contributed by atoms with van der Waals surface area (Å²) < 4.78 is 0. The van der Waals surface area contributed by atoms with Crippen LogP contribution in [0.25, 0.3) is 0 Å². The third kappa shape index (κ3) is 4.23. The predicted molar refractivity (Wildman–Crippen MR) is 92.2 cm³/mol. The van der Waals surface area contributed by atoms with Crippen LogP contribution in [0.1, 0.15) is 50.1 Å². The number of carbonyl (C=O) groups is 1. The molecule has 1 aliphatic carbocycles. The lowest BCUT2D eigenvalue weighted by Gasteiger charge is -2.28. The van der Waals surface area contributed by atoms with E-state index in [9.17, 15) is 4.79 Å². The molecule has 0 spiro atoms. The molecular weight excluding hydrogens is 296 g/mol. The van der Waals surface area contributed by atoms with E-state index >= 15 is 0 Å². The lowest BCUT2D eigenvalue weighted by molar-refractivity contribution is -0.136. The fourth-order valence-electron chi connectivity index (χ4n) is 3.67. The monoisotopic (exact) mass is 322 g/mol. The van der Waals surface area contributed by atoms with Gasteiger partial charge >= 0.3 is 0 Å². The highest BCUT2D eigenvalue weighted by Crippen LogP contribution is 2.26. The first-order chi connectivity index (χ1) is 10.3. The molecule has 2 aliphatic rings. The van der Waals surface area contributed by atoms with Crippen LogP contribution in [0.4, 0.5) is 0 Å². The Labute approximate surface area is 139 Å². The van der Waals surface area contributed by atoms with Crippen LogP contribution < -0.4 is 5.32 Å². The van der Waals surface area contributed by atoms with Crippen molar-refractivity contribution in [3.8, 4) is 0 Å². The van der Waals surface area contributed by atoms with Gasteiger partial charge in [-0.3, -0.25) is 4.79 Å². The summed E-state index contributed by atoms with van der Waals surface area (Å²) in [5, 5.41) is 3.59. The van der Waals surface area contributed by atoms with Crippen LogP contribution in [0.2, 0.25) is 0 Å². The van der Waals surface area contributed by atoms with E-state index in [1.165, 1.54) is 24.8 Å². The van der Waals surface area contributed by atoms with Gasteiger partial charge in [0.25, 0.3) is 0 Å². The van der Waals surface area contributed by atoms with Crippen molar-refractivity contribution in [2.24, 2.45) is 5.92 Å². The fraction of sp³-hybridized carbons (Fsp3) is 0.611. The molecule has 3 nitrogen and oxygen atoms in total. The largest absolute Gasteiger partial charge is 0.341 e. The zero-order valence-electron chi connectivity index (χ0n) is 13.2. The standard InChI is InChI=1S/C18H26N2O.ClH/c21-18(16-9-5-2-6-10-16)20-13-11-17(19-12-14-20)15-7-3-1-4-8-15;/h1,3-4,7-8,16-17,19H,2,5-6,9-14H2;1H. The molecular formula is C18H27ClN2O. The lowest BCUT2D eigenvalue weighted by atomic mass is 9.88. The number of nitrogens with zero attached hydrogens (tertiary/aromatic N) is 1. The minimum absolute atomic E-state index is 0. The number of rotatable bonds is 2. The highest BCUT2D eigenvalue weighted by atomic mass is 35.5. The van der Waals surface area contributed by atoms with Gasteiger partial charge in [-0.05, 0) is 24.8 Å². The van der Waals surface area contributed by atoms with Crippen molar-refractivity contribution >= 4 is 18.3 Å². The maximum Gasteiger partial charge on any atom is 0.225 e. The molecule has 1 saturated heterocycles. The Hall–Kier alpha value is -1.06. The van der Waals surface area contributed by atoms with Gasteiger partial charge in [-0.1, -0.05) is 49.6 Å². The van der Waals surface area contributed by atoms with Gasteiger partial charge in [0.05, 0.1) is 0 Å². The highest BCUT2D eigenvalue weighted by Gasteiger charge is 2.27. The van der Waals surface area contributed by atoms with Gasteiger partial charge in [-0.15, -0.1) is 12.4 Å². The average molecular weight is 323 g/mol. The number of amides is 1. The number of benzene rings is 1. The summed E-state index contributed by atoms with van der Waals surface area (Å²) >= 11 is 0. The summed E-state index contributed by atoms with van der Waals surface area (Å²) in [6.07, 6.45) is 6.99. The second-order valence-corrected chi connectivity index (χ2v) is 6.37. The van der Waals surface area contributed by atoms with Crippen LogP contribution >= 0.6 is 12.4 Å². The van der Waals surface area contributed by atoms with Gasteiger partial charge in [-0.2, -0.15) is 0 Å². The van der Waals surface area contributed by atoms with Crippen molar-refractivity contribution in [1.82, 2.24) is 10.2 Å². The van der Waals surface area contributed by atoms with Crippen molar-refractivity contribution in [1.29, 1.82) is 0 Å². The maximum absolute atomic E-state index is 12.6. The average Bonchev–Trinajstić information content (AvgIpc) is 2.82. The Morgan fingerprint density at radius 2 is 1.73 bits per heavy atom. The smallest absolute Gasteiger partial charge is 0.225 e. The Bertz CT molecular complexity index is 459. The topological polar surface area (TPSA) is 32.3 Å². The quantitative estimate of drug-likeness (QED) is 0.903. The SMILES string of the molecule is Cl.O=C(C1CCCCC1)N1CCNC(c2ccccc2)CC1. The molecule has 3 rings (SSSR count). The molecule has 1 saturated carbocycles. The van der Waals surface area contributed by atoms with Crippen LogP contribution in [-0.4, -0.2) is 30.4 Å². The number of halogens is 1. The van der Waals surface area contributed by atoms with Crippen LogP contribution in [0.5, 0.6) is 0 Å². The summed E-state index contributed by atoms with van der Waals surface area (Å²) in [5.74, 6) is 0.706. The molecule has 1 aliphatic heterocycles. The van der Waals surface area contributed by atoms with E-state index in [1.54, 1.807) is 0 Å². The molecule has 0 bridgehead atoms. The van der Waals surface area contributed by atoms with Crippen molar-refractivity contribution in [3.05, 3.63) is 35.9 Å². The van der Waals surface area contributed by atoms with E-state index < -0.39 is 0 Å². The minimum atomic E-state index is 0. The van der Waals surface area contributed by atoms with Crippen molar-refractivity contribution in [3.63, 3.8) is 0 Å². The van der Waals surface area contributed by atoms with Crippen LogP contribution in [0.3, 0.4) is 0 Å². The summed E-state index contributed by atoms with van der Waals surface area (Å²) in [4.78, 5) is 14.8. The fourth-order valence-corrected chi connectivity index (χ4v) is 3.67. The third-order valence-corrected chi connectivity index (χ3v) is 4.93. The number of hydrogen-bond donors (Lipinski definition) is 1. The Balaban J connectivity index is 0.00000176. The number of carbonyl (C=O) groups excluding carboxylic acids is 1. The van der Waals surface area contributed by atoms with E-state index in [0.29, 0.717) is 17.9 Å². The predicted octanol–water partition coefficient (Wildman–Crippen LogP) is 3.55. The second-order valence-electron chi connectivity index (χ2n) is 6.37. The molecule has 1 unspecified atom stereocenters. The third-order valence-electron chi connectivity index (χ3n) is 4.93. The van der Waals surface area contributed by atoms with Crippen LogP contribution in [0.15, 0.2) is 30.3 Å². The van der Waals surface area contributed by atoms with Gasteiger partial charge in [0.15, 0.2) is 0 Å². The van der Waals surface area contributed by atoms with Crippen molar-refractivity contribution in [2.75, 3.05) is 19.6 Å². The normalized spacial score (nSPS) is 23.5. The first-order valence-electron chi connectivity index (χ1n) is 8.42. The molecule has 2 fully saturated rings. The molecule has 1 aromatic carbocycles. The first-order valence-corrected chi connectivity index (χ1v) is 8.42. The van der Waals surface area contributed by atoms with Gasteiger partial charge in [-0.25, -0.2) is 0 Å². The molecule has 1 atom stereocenters. The summed E-state index contributed by atoms with van der Waals surface area (Å²) in [6.45, 7) is 2.65. The highest BCUT2D eigenvalue weighted by molar-refractivity contribution is 5.85. The molecule has 1 aromatic rings. The minimum Gasteiger partial charge on any atom is -0.341 e. The molecule has 0 aromatic heterocycles. The Morgan fingerprint density at radius 3 is 2.45 bits per heavy atom. The second kappa shape index (κ2) is 8.54. The number of nitrogens with one attached hydrogen (secondary N) is 1.